The molecule has 110 valence electrons. The predicted molar refractivity (Wildman–Crippen MR) is 75.4 cm³/mol. The summed E-state index contributed by atoms with van der Waals surface area (Å²) in [5, 5.41) is 2.80. The van der Waals surface area contributed by atoms with E-state index in [-0.39, 0.29) is 17.7 Å². The molecule has 1 rings (SSSR count). The molecular weight excluding hydrogens is 242 g/mol. The Kier molecular flexibility index (Phi) is 6.28. The number of hydrogen-bond donors (Lipinski definition) is 2. The highest BCUT2D eigenvalue weighted by molar-refractivity contribution is 5.88. The minimum absolute atomic E-state index is 0.0196. The van der Waals surface area contributed by atoms with Gasteiger partial charge in [-0.1, -0.05) is 13.8 Å². The highest BCUT2D eigenvalue weighted by Crippen LogP contribution is 2.12. The van der Waals surface area contributed by atoms with E-state index in [4.69, 9.17) is 5.73 Å². The summed E-state index contributed by atoms with van der Waals surface area (Å²) in [6, 6.07) is -0.452. The third-order valence-electron chi connectivity index (χ3n) is 3.56. The maximum atomic E-state index is 12.1. The number of amides is 2. The second kappa shape index (κ2) is 7.48. The summed E-state index contributed by atoms with van der Waals surface area (Å²) in [6.07, 6.45) is 2.88. The van der Waals surface area contributed by atoms with Crippen LogP contribution in [0.4, 0.5) is 0 Å². The number of likely N-dealkylation sites (tertiary alicyclic amines) is 1. The van der Waals surface area contributed by atoms with Crippen molar-refractivity contribution in [2.24, 2.45) is 17.6 Å². The summed E-state index contributed by atoms with van der Waals surface area (Å²) in [4.78, 5) is 26.0. The minimum atomic E-state index is -0.452. The molecular formula is C14H27N3O2. The SMILES string of the molecule is CC(C)CC(CN)C(=O)NC(C)C(=O)N1CCCC1. The second-order valence-corrected chi connectivity index (χ2v) is 5.82. The molecule has 0 aromatic carbocycles. The third kappa shape index (κ3) is 4.82. The van der Waals surface area contributed by atoms with Gasteiger partial charge in [-0.25, -0.2) is 0 Å². The van der Waals surface area contributed by atoms with Crippen molar-refractivity contribution in [3.63, 3.8) is 0 Å². The molecule has 0 saturated carbocycles. The lowest BCUT2D eigenvalue weighted by Gasteiger charge is -2.23. The van der Waals surface area contributed by atoms with E-state index in [9.17, 15) is 9.59 Å². The van der Waals surface area contributed by atoms with Crippen molar-refractivity contribution in [2.45, 2.75) is 46.1 Å². The minimum Gasteiger partial charge on any atom is -0.344 e. The highest BCUT2D eigenvalue weighted by atomic mass is 16.2. The Balaban J connectivity index is 2.47. The molecule has 0 aliphatic carbocycles. The highest BCUT2D eigenvalue weighted by Gasteiger charge is 2.26. The van der Waals surface area contributed by atoms with Gasteiger partial charge in [0.15, 0.2) is 0 Å². The molecule has 3 N–H and O–H groups in total. The van der Waals surface area contributed by atoms with Crippen LogP contribution in [0.5, 0.6) is 0 Å². The molecule has 1 saturated heterocycles. The van der Waals surface area contributed by atoms with Gasteiger partial charge in [-0.15, -0.1) is 0 Å². The second-order valence-electron chi connectivity index (χ2n) is 5.82. The van der Waals surface area contributed by atoms with E-state index in [1.165, 1.54) is 0 Å². The van der Waals surface area contributed by atoms with Gasteiger partial charge < -0.3 is 16.0 Å². The molecule has 5 nitrogen and oxygen atoms in total. The van der Waals surface area contributed by atoms with Crippen molar-refractivity contribution in [3.8, 4) is 0 Å². The number of nitrogens with zero attached hydrogens (tertiary/aromatic N) is 1. The molecule has 1 fully saturated rings. The molecule has 0 radical (unpaired) electrons. The summed E-state index contributed by atoms with van der Waals surface area (Å²) >= 11 is 0. The number of carbonyl (C=O) groups is 2. The zero-order valence-electron chi connectivity index (χ0n) is 12.3. The Morgan fingerprint density at radius 2 is 1.79 bits per heavy atom. The van der Waals surface area contributed by atoms with Crippen LogP contribution in [0.1, 0.15) is 40.0 Å². The Morgan fingerprint density at radius 3 is 2.26 bits per heavy atom. The monoisotopic (exact) mass is 269 g/mol. The smallest absolute Gasteiger partial charge is 0.244 e. The van der Waals surface area contributed by atoms with Crippen molar-refractivity contribution in [2.75, 3.05) is 19.6 Å². The lowest BCUT2D eigenvalue weighted by Crippen LogP contribution is -2.48. The fraction of sp³-hybridized carbons (Fsp3) is 0.857. The fourth-order valence-electron chi connectivity index (χ4n) is 2.48. The number of nitrogens with two attached hydrogens (primary N) is 1. The standard InChI is InChI=1S/C14H27N3O2/c1-10(2)8-12(9-15)13(18)16-11(3)14(19)17-6-4-5-7-17/h10-12H,4-9,15H2,1-3H3,(H,16,18). The molecule has 2 amide bonds. The normalized spacial score (nSPS) is 18.5. The Labute approximate surface area is 115 Å². The molecule has 0 aromatic heterocycles. The first kappa shape index (κ1) is 16.0. The Morgan fingerprint density at radius 1 is 1.21 bits per heavy atom. The molecule has 0 aromatic rings. The van der Waals surface area contributed by atoms with Gasteiger partial charge in [0.2, 0.25) is 11.8 Å². The number of rotatable bonds is 6. The van der Waals surface area contributed by atoms with Crippen molar-refractivity contribution in [3.05, 3.63) is 0 Å². The van der Waals surface area contributed by atoms with Crippen LogP contribution in [-0.4, -0.2) is 42.4 Å². The van der Waals surface area contributed by atoms with Crippen molar-refractivity contribution in [1.29, 1.82) is 0 Å². The quantitative estimate of drug-likeness (QED) is 0.746. The first-order chi connectivity index (χ1) is 8.95. The van der Waals surface area contributed by atoms with Crippen LogP contribution in [-0.2, 0) is 9.59 Å². The van der Waals surface area contributed by atoms with E-state index in [0.29, 0.717) is 12.5 Å². The Hall–Kier alpha value is -1.10. The zero-order chi connectivity index (χ0) is 14.4. The van der Waals surface area contributed by atoms with E-state index < -0.39 is 6.04 Å². The lowest BCUT2D eigenvalue weighted by atomic mass is 9.96. The van der Waals surface area contributed by atoms with E-state index in [1.54, 1.807) is 6.92 Å². The fourth-order valence-corrected chi connectivity index (χ4v) is 2.48. The first-order valence-corrected chi connectivity index (χ1v) is 7.25. The van der Waals surface area contributed by atoms with Crippen LogP contribution >= 0.6 is 0 Å². The van der Waals surface area contributed by atoms with Crippen LogP contribution in [0.3, 0.4) is 0 Å². The average molecular weight is 269 g/mol. The first-order valence-electron chi connectivity index (χ1n) is 7.25. The molecule has 5 heteroatoms. The molecule has 2 unspecified atom stereocenters. The molecule has 0 bridgehead atoms. The molecule has 1 aliphatic heterocycles. The van der Waals surface area contributed by atoms with E-state index in [2.05, 4.69) is 19.2 Å². The van der Waals surface area contributed by atoms with E-state index in [0.717, 1.165) is 32.4 Å². The summed E-state index contributed by atoms with van der Waals surface area (Å²) < 4.78 is 0. The van der Waals surface area contributed by atoms with Gasteiger partial charge in [0, 0.05) is 19.6 Å². The summed E-state index contributed by atoms with van der Waals surface area (Å²) in [5.74, 6) is 0.139. The van der Waals surface area contributed by atoms with Crippen LogP contribution < -0.4 is 11.1 Å². The summed E-state index contributed by atoms with van der Waals surface area (Å²) in [6.45, 7) is 7.83. The number of hydrogen-bond acceptors (Lipinski definition) is 3. The van der Waals surface area contributed by atoms with Gasteiger partial charge in [-0.2, -0.15) is 0 Å². The topological polar surface area (TPSA) is 75.4 Å². The number of nitrogens with one attached hydrogen (secondary N) is 1. The maximum absolute atomic E-state index is 12.1. The van der Waals surface area contributed by atoms with E-state index in [1.807, 2.05) is 4.90 Å². The maximum Gasteiger partial charge on any atom is 0.244 e. The zero-order valence-corrected chi connectivity index (χ0v) is 12.3. The van der Waals surface area contributed by atoms with Gasteiger partial charge in [0.05, 0.1) is 5.92 Å². The van der Waals surface area contributed by atoms with Crippen LogP contribution in [0.25, 0.3) is 0 Å². The van der Waals surface area contributed by atoms with Crippen LogP contribution in [0, 0.1) is 11.8 Å². The summed E-state index contributed by atoms with van der Waals surface area (Å²) in [7, 11) is 0. The van der Waals surface area contributed by atoms with Crippen molar-refractivity contribution >= 4 is 11.8 Å². The molecule has 19 heavy (non-hydrogen) atoms. The predicted octanol–water partition coefficient (Wildman–Crippen LogP) is 0.735. The van der Waals surface area contributed by atoms with Gasteiger partial charge >= 0.3 is 0 Å². The average Bonchev–Trinajstić information content (AvgIpc) is 2.88. The molecule has 2 atom stereocenters. The van der Waals surface area contributed by atoms with Gasteiger partial charge in [-0.05, 0) is 32.1 Å². The Bertz CT molecular complexity index is 312. The molecule has 1 aliphatic rings. The van der Waals surface area contributed by atoms with Crippen LogP contribution in [0.2, 0.25) is 0 Å². The number of carbonyl (C=O) groups excluding carboxylic acids is 2. The van der Waals surface area contributed by atoms with Gasteiger partial charge in [0.1, 0.15) is 6.04 Å². The largest absolute Gasteiger partial charge is 0.344 e. The van der Waals surface area contributed by atoms with Gasteiger partial charge in [0.25, 0.3) is 0 Å². The molecule has 0 spiro atoms. The lowest BCUT2D eigenvalue weighted by molar-refractivity contribution is -0.136. The third-order valence-corrected chi connectivity index (χ3v) is 3.56. The van der Waals surface area contributed by atoms with E-state index >= 15 is 0 Å². The molecule has 1 heterocycles. The van der Waals surface area contributed by atoms with Gasteiger partial charge in [-0.3, -0.25) is 9.59 Å². The van der Waals surface area contributed by atoms with Crippen molar-refractivity contribution < 1.29 is 9.59 Å². The summed E-state index contributed by atoms with van der Waals surface area (Å²) in [5.41, 5.74) is 5.64. The van der Waals surface area contributed by atoms with Crippen LogP contribution in [0.15, 0.2) is 0 Å². The van der Waals surface area contributed by atoms with Crippen molar-refractivity contribution in [1.82, 2.24) is 10.2 Å².